The van der Waals surface area contributed by atoms with Crippen molar-refractivity contribution in [1.82, 2.24) is 4.98 Å². The second kappa shape index (κ2) is 6.12. The number of anilines is 1. The van der Waals surface area contributed by atoms with E-state index in [4.69, 9.17) is 21.4 Å². The van der Waals surface area contributed by atoms with Gasteiger partial charge in [0.2, 0.25) is 0 Å². The first-order chi connectivity index (χ1) is 9.56. The van der Waals surface area contributed by atoms with Gasteiger partial charge in [0.15, 0.2) is 6.61 Å². The largest absolute Gasteiger partial charge is 0.484 e. The predicted octanol–water partition coefficient (Wildman–Crippen LogP) is 2.38. The molecule has 0 atom stereocenters. The third-order valence-electron chi connectivity index (χ3n) is 2.37. The van der Waals surface area contributed by atoms with Crippen molar-refractivity contribution in [1.29, 1.82) is 0 Å². The molecule has 2 aromatic rings. The quantitative estimate of drug-likeness (QED) is 0.789. The Morgan fingerprint density at radius 2 is 2.00 bits per heavy atom. The highest BCUT2D eigenvalue weighted by Crippen LogP contribution is 2.20. The van der Waals surface area contributed by atoms with E-state index < -0.39 is 11.9 Å². The van der Waals surface area contributed by atoms with Gasteiger partial charge in [-0.2, -0.15) is 0 Å². The maximum Gasteiger partial charge on any atom is 0.353 e. The molecule has 1 aromatic heterocycles. The van der Waals surface area contributed by atoms with E-state index in [1.165, 1.54) is 6.07 Å². The van der Waals surface area contributed by atoms with Gasteiger partial charge in [-0.3, -0.25) is 4.79 Å². The Labute approximate surface area is 119 Å². The average Bonchev–Trinajstić information content (AvgIpc) is 2.78. The molecular formula is C13H11ClN2O4. The molecule has 0 saturated heterocycles. The van der Waals surface area contributed by atoms with Gasteiger partial charge in [-0.05, 0) is 18.2 Å². The van der Waals surface area contributed by atoms with E-state index in [2.05, 4.69) is 10.3 Å². The van der Waals surface area contributed by atoms with Crippen LogP contribution < -0.4 is 10.1 Å². The number of H-pyrrole nitrogens is 1. The number of carboxylic acids is 1. The molecule has 0 saturated carbocycles. The van der Waals surface area contributed by atoms with Crippen molar-refractivity contribution in [3.05, 3.63) is 47.1 Å². The second-order valence-electron chi connectivity index (χ2n) is 3.86. The van der Waals surface area contributed by atoms with Crippen LogP contribution in [0.25, 0.3) is 0 Å². The van der Waals surface area contributed by atoms with Gasteiger partial charge in [-0.1, -0.05) is 29.8 Å². The fourth-order valence-corrected chi connectivity index (χ4v) is 1.74. The summed E-state index contributed by atoms with van der Waals surface area (Å²) in [6, 6.07) is 10.2. The van der Waals surface area contributed by atoms with Crippen molar-refractivity contribution in [3.8, 4) is 5.75 Å². The lowest BCUT2D eigenvalue weighted by Crippen LogP contribution is -2.20. The number of nitrogens with one attached hydrogen (secondary N) is 2. The normalized spacial score (nSPS) is 10.1. The van der Waals surface area contributed by atoms with E-state index in [1.807, 2.05) is 6.07 Å². The Hall–Kier alpha value is -2.47. The average molecular weight is 295 g/mol. The van der Waals surface area contributed by atoms with Crippen molar-refractivity contribution in [2.45, 2.75) is 0 Å². The number of aromatic nitrogens is 1. The fourth-order valence-electron chi connectivity index (χ4n) is 1.50. The molecule has 1 aromatic carbocycles. The molecule has 0 aliphatic rings. The van der Waals surface area contributed by atoms with Gasteiger partial charge in [0.1, 0.15) is 17.3 Å². The van der Waals surface area contributed by atoms with Crippen LogP contribution >= 0.6 is 11.6 Å². The van der Waals surface area contributed by atoms with Gasteiger partial charge in [0.25, 0.3) is 5.91 Å². The van der Waals surface area contributed by atoms with Crippen molar-refractivity contribution < 1.29 is 19.4 Å². The van der Waals surface area contributed by atoms with E-state index in [-0.39, 0.29) is 23.1 Å². The van der Waals surface area contributed by atoms with Crippen molar-refractivity contribution in [2.24, 2.45) is 0 Å². The highest BCUT2D eigenvalue weighted by molar-refractivity contribution is 6.33. The Morgan fingerprint density at radius 3 is 2.60 bits per heavy atom. The molecule has 0 aliphatic heterocycles. The zero-order valence-electron chi connectivity index (χ0n) is 10.2. The van der Waals surface area contributed by atoms with E-state index in [0.29, 0.717) is 5.75 Å². The summed E-state index contributed by atoms with van der Waals surface area (Å²) in [6.07, 6.45) is 0. The van der Waals surface area contributed by atoms with Gasteiger partial charge < -0.3 is 20.1 Å². The minimum atomic E-state index is -1.20. The monoisotopic (exact) mass is 294 g/mol. The Morgan fingerprint density at radius 1 is 1.30 bits per heavy atom. The van der Waals surface area contributed by atoms with E-state index in [9.17, 15) is 9.59 Å². The first kappa shape index (κ1) is 14.0. The van der Waals surface area contributed by atoms with E-state index in [0.717, 1.165) is 0 Å². The number of benzene rings is 1. The van der Waals surface area contributed by atoms with Gasteiger partial charge in [-0.15, -0.1) is 0 Å². The molecule has 0 spiro atoms. The summed E-state index contributed by atoms with van der Waals surface area (Å²) < 4.78 is 5.25. The topological polar surface area (TPSA) is 91.4 Å². The lowest BCUT2D eigenvalue weighted by molar-refractivity contribution is -0.118. The smallest absolute Gasteiger partial charge is 0.353 e. The van der Waals surface area contributed by atoms with Crippen LogP contribution in [0.1, 0.15) is 10.5 Å². The molecule has 1 amide bonds. The van der Waals surface area contributed by atoms with Crippen LogP contribution in [0.15, 0.2) is 36.4 Å². The van der Waals surface area contributed by atoms with Gasteiger partial charge in [0, 0.05) is 0 Å². The Balaban J connectivity index is 1.92. The Bertz CT molecular complexity index is 625. The molecule has 2 rings (SSSR count). The summed E-state index contributed by atoms with van der Waals surface area (Å²) >= 11 is 5.70. The number of aromatic carboxylic acids is 1. The van der Waals surface area contributed by atoms with Gasteiger partial charge in [0.05, 0.1) is 5.02 Å². The predicted molar refractivity (Wildman–Crippen MR) is 73.3 cm³/mol. The van der Waals surface area contributed by atoms with Crippen molar-refractivity contribution >= 4 is 29.3 Å². The number of carbonyl (C=O) groups is 2. The molecule has 7 heteroatoms. The van der Waals surface area contributed by atoms with E-state index in [1.54, 1.807) is 24.3 Å². The van der Waals surface area contributed by atoms with Crippen LogP contribution in [-0.2, 0) is 4.79 Å². The molecule has 3 N–H and O–H groups in total. The van der Waals surface area contributed by atoms with Crippen molar-refractivity contribution in [2.75, 3.05) is 11.9 Å². The lowest BCUT2D eigenvalue weighted by atomic mass is 10.3. The molecule has 0 radical (unpaired) electrons. The lowest BCUT2D eigenvalue weighted by Gasteiger charge is -2.05. The number of ether oxygens (including phenoxy) is 1. The number of para-hydroxylation sites is 1. The third kappa shape index (κ3) is 3.52. The molecule has 0 unspecified atom stereocenters. The maximum absolute atomic E-state index is 11.6. The molecular weight excluding hydrogens is 284 g/mol. The third-order valence-corrected chi connectivity index (χ3v) is 2.67. The molecule has 20 heavy (non-hydrogen) atoms. The first-order valence-electron chi connectivity index (χ1n) is 5.66. The number of amides is 1. The van der Waals surface area contributed by atoms with Crippen LogP contribution in [0.2, 0.25) is 5.02 Å². The second-order valence-corrected chi connectivity index (χ2v) is 4.27. The number of aromatic amines is 1. The van der Waals surface area contributed by atoms with Crippen LogP contribution in [0.4, 0.5) is 5.82 Å². The highest BCUT2D eigenvalue weighted by Gasteiger charge is 2.14. The molecule has 0 aliphatic carbocycles. The maximum atomic E-state index is 11.6. The minimum absolute atomic E-state index is 0.0248. The number of rotatable bonds is 5. The van der Waals surface area contributed by atoms with Crippen molar-refractivity contribution in [3.63, 3.8) is 0 Å². The SMILES string of the molecule is O=C(COc1ccccc1)Nc1cc(Cl)c(C(=O)O)[nH]1. The summed E-state index contributed by atoms with van der Waals surface area (Å²) in [4.78, 5) is 24.9. The highest BCUT2D eigenvalue weighted by atomic mass is 35.5. The fraction of sp³-hybridized carbons (Fsp3) is 0.0769. The Kier molecular flexibility index (Phi) is 4.27. The minimum Gasteiger partial charge on any atom is -0.484 e. The molecule has 6 nitrogen and oxygen atoms in total. The molecule has 104 valence electrons. The number of hydrogen-bond donors (Lipinski definition) is 3. The van der Waals surface area contributed by atoms with Gasteiger partial charge >= 0.3 is 5.97 Å². The zero-order chi connectivity index (χ0) is 14.5. The summed E-state index contributed by atoms with van der Waals surface area (Å²) in [5.41, 5.74) is -0.175. The number of hydrogen-bond acceptors (Lipinski definition) is 3. The van der Waals surface area contributed by atoms with Gasteiger partial charge in [-0.25, -0.2) is 4.79 Å². The first-order valence-corrected chi connectivity index (χ1v) is 6.03. The zero-order valence-corrected chi connectivity index (χ0v) is 11.0. The van der Waals surface area contributed by atoms with Crippen LogP contribution in [0.3, 0.4) is 0 Å². The summed E-state index contributed by atoms with van der Waals surface area (Å²) in [5.74, 6) is -0.854. The molecule has 0 bridgehead atoms. The van der Waals surface area contributed by atoms with Crippen LogP contribution in [0, 0.1) is 0 Å². The van der Waals surface area contributed by atoms with E-state index >= 15 is 0 Å². The van der Waals surface area contributed by atoms with Crippen LogP contribution in [0.5, 0.6) is 5.75 Å². The summed E-state index contributed by atoms with van der Waals surface area (Å²) in [7, 11) is 0. The summed E-state index contributed by atoms with van der Waals surface area (Å²) in [6.45, 7) is -0.191. The molecule has 1 heterocycles. The summed E-state index contributed by atoms with van der Waals surface area (Å²) in [5, 5.41) is 11.3. The standard InChI is InChI=1S/C13H11ClN2O4/c14-9-6-10(16-12(9)13(18)19)15-11(17)7-20-8-4-2-1-3-5-8/h1-6,16H,7H2,(H,15,17)(H,18,19). The molecule has 0 fully saturated rings. The number of carbonyl (C=O) groups excluding carboxylic acids is 1. The number of carboxylic acid groups (broad SMARTS) is 1. The number of halogens is 1. The van der Waals surface area contributed by atoms with Crippen LogP contribution in [-0.4, -0.2) is 28.6 Å².